The number of pyridine rings is 1. The van der Waals surface area contributed by atoms with Crippen LogP contribution in [-0.2, 0) is 14.3 Å². The van der Waals surface area contributed by atoms with Crippen LogP contribution in [0.1, 0.15) is 52.5 Å². The highest BCUT2D eigenvalue weighted by Gasteiger charge is 2.51. The maximum Gasteiger partial charge on any atom is 0.276 e. The number of carbonyl (C=O) groups is 2. The van der Waals surface area contributed by atoms with Crippen molar-refractivity contribution in [3.63, 3.8) is 0 Å². The van der Waals surface area contributed by atoms with Crippen molar-refractivity contribution in [2.24, 2.45) is 5.41 Å². The summed E-state index contributed by atoms with van der Waals surface area (Å²) in [5.41, 5.74) is 2.38. The highest BCUT2D eigenvalue weighted by atomic mass is 35.5. The zero-order chi connectivity index (χ0) is 28.6. The Kier molecular flexibility index (Phi) is 7.51. The molecule has 3 fully saturated rings. The van der Waals surface area contributed by atoms with Gasteiger partial charge < -0.3 is 19.7 Å². The minimum Gasteiger partial charge on any atom is -0.376 e. The van der Waals surface area contributed by atoms with Crippen molar-refractivity contribution >= 4 is 29.2 Å². The van der Waals surface area contributed by atoms with E-state index in [1.54, 1.807) is 23.0 Å². The van der Waals surface area contributed by atoms with Gasteiger partial charge in [0.25, 0.3) is 11.8 Å². The number of benzene rings is 1. The van der Waals surface area contributed by atoms with Crippen LogP contribution in [0.2, 0.25) is 5.02 Å². The second kappa shape index (κ2) is 11.2. The fraction of sp³-hybridized carbons (Fsp3) is 0.400. The number of rotatable bonds is 4. The molecule has 6 rings (SSSR count). The van der Waals surface area contributed by atoms with E-state index in [1.807, 2.05) is 17.9 Å². The molecule has 0 bridgehead atoms. The molecule has 2 aliphatic heterocycles. The average Bonchev–Trinajstić information content (AvgIpc) is 3.58. The summed E-state index contributed by atoms with van der Waals surface area (Å²) in [6.45, 7) is 4.44. The third-order valence-electron chi connectivity index (χ3n) is 8.00. The summed E-state index contributed by atoms with van der Waals surface area (Å²) in [5.74, 6) is 5.66. The molecule has 3 aliphatic rings. The van der Waals surface area contributed by atoms with Gasteiger partial charge in [-0.2, -0.15) is 5.10 Å². The smallest absolute Gasteiger partial charge is 0.276 e. The van der Waals surface area contributed by atoms with E-state index in [4.69, 9.17) is 21.1 Å². The lowest BCUT2D eigenvalue weighted by Crippen LogP contribution is -2.47. The number of aryl methyl sites for hydroxylation is 1. The van der Waals surface area contributed by atoms with Crippen molar-refractivity contribution in [3.05, 3.63) is 75.9 Å². The lowest BCUT2D eigenvalue weighted by molar-refractivity contribution is -0.157. The van der Waals surface area contributed by atoms with Gasteiger partial charge in [0.2, 0.25) is 0 Å². The Balaban J connectivity index is 1.09. The first-order chi connectivity index (χ1) is 19.8. The van der Waals surface area contributed by atoms with Gasteiger partial charge in [-0.25, -0.2) is 9.37 Å². The highest BCUT2D eigenvalue weighted by Crippen LogP contribution is 2.54. The Hall–Kier alpha value is -3.78. The Morgan fingerprint density at radius 1 is 1.15 bits per heavy atom. The van der Waals surface area contributed by atoms with Crippen molar-refractivity contribution in [2.75, 3.05) is 38.2 Å². The molecule has 2 saturated heterocycles. The van der Waals surface area contributed by atoms with E-state index < -0.39 is 12.0 Å². The third kappa shape index (κ3) is 5.71. The first kappa shape index (κ1) is 27.4. The quantitative estimate of drug-likeness (QED) is 0.471. The molecule has 1 aromatic carbocycles. The molecular weight excluding hydrogens is 549 g/mol. The van der Waals surface area contributed by atoms with Crippen LogP contribution in [0.3, 0.4) is 0 Å². The van der Waals surface area contributed by atoms with Crippen LogP contribution in [-0.4, -0.2) is 70.5 Å². The number of nitrogens with one attached hydrogen (secondary N) is 1. The van der Waals surface area contributed by atoms with E-state index in [-0.39, 0.29) is 33.9 Å². The molecule has 2 aromatic heterocycles. The second-order valence-electron chi connectivity index (χ2n) is 10.9. The first-order valence-corrected chi connectivity index (χ1v) is 13.9. The lowest BCUT2D eigenvalue weighted by Gasteiger charge is -2.45. The summed E-state index contributed by atoms with van der Waals surface area (Å²) >= 11 is 6.42. The monoisotopic (exact) mass is 577 g/mol. The van der Waals surface area contributed by atoms with Crippen LogP contribution < -0.4 is 5.32 Å². The molecule has 41 heavy (non-hydrogen) atoms. The van der Waals surface area contributed by atoms with Gasteiger partial charge in [-0.15, -0.1) is 0 Å². The Labute approximate surface area is 242 Å². The topological polar surface area (TPSA) is 98.6 Å². The van der Waals surface area contributed by atoms with Crippen molar-refractivity contribution in [1.29, 1.82) is 0 Å². The second-order valence-corrected chi connectivity index (χ2v) is 11.3. The maximum absolute atomic E-state index is 13.3. The van der Waals surface area contributed by atoms with Crippen LogP contribution in [0.5, 0.6) is 0 Å². The van der Waals surface area contributed by atoms with Crippen LogP contribution in [0, 0.1) is 30.0 Å². The number of hydrogen-bond acceptors (Lipinski definition) is 6. The van der Waals surface area contributed by atoms with Crippen molar-refractivity contribution in [1.82, 2.24) is 19.7 Å². The highest BCUT2D eigenvalue weighted by molar-refractivity contribution is 6.34. The van der Waals surface area contributed by atoms with Crippen molar-refractivity contribution < 1.29 is 23.5 Å². The zero-order valence-electron chi connectivity index (χ0n) is 22.5. The standard InChI is InChI=1S/C30H29ClFN5O4/c1-19-12-21(3-2-20-4-6-22(32)7-5-20)15-33-27(19)35-28(38)26-24(31)16-34-37(26)23-13-30(14-23)8-9-36(18-30)29(39)25-17-40-10-11-41-25/h4-7,12,15-16,23,25H,8-11,13-14,17-18H2,1H3,(H,33,35,38). The molecule has 1 saturated carbocycles. The molecule has 1 atom stereocenters. The number of ether oxygens (including phenoxy) is 2. The number of amides is 2. The van der Waals surface area contributed by atoms with Gasteiger partial charge in [-0.3, -0.25) is 14.3 Å². The number of likely N-dealkylation sites (tertiary alicyclic amines) is 1. The molecule has 2 amide bonds. The number of hydrogen-bond donors (Lipinski definition) is 1. The molecule has 3 aromatic rings. The molecule has 9 nitrogen and oxygen atoms in total. The van der Waals surface area contributed by atoms with Gasteiger partial charge in [0, 0.05) is 30.4 Å². The van der Waals surface area contributed by atoms with Gasteiger partial charge in [0.05, 0.1) is 37.1 Å². The van der Waals surface area contributed by atoms with Gasteiger partial charge in [-0.05, 0) is 67.5 Å². The average molecular weight is 578 g/mol. The van der Waals surface area contributed by atoms with E-state index in [0.717, 1.165) is 24.8 Å². The van der Waals surface area contributed by atoms with Gasteiger partial charge in [0.1, 0.15) is 17.3 Å². The van der Waals surface area contributed by atoms with Gasteiger partial charge in [0.15, 0.2) is 6.10 Å². The predicted octanol–water partition coefficient (Wildman–Crippen LogP) is 4.00. The van der Waals surface area contributed by atoms with Crippen LogP contribution in [0.4, 0.5) is 10.2 Å². The molecule has 4 heterocycles. The minimum absolute atomic E-state index is 0.00491. The fourth-order valence-electron chi connectivity index (χ4n) is 5.85. The summed E-state index contributed by atoms with van der Waals surface area (Å²) in [6.07, 6.45) is 5.04. The molecular formula is C30H29ClFN5O4. The number of anilines is 1. The SMILES string of the molecule is Cc1cc(C#Cc2ccc(F)cc2)cnc1NC(=O)c1c(Cl)cnn1C1CC2(CCN(C(=O)C3COCCO3)C2)C1. The van der Waals surface area contributed by atoms with Crippen LogP contribution >= 0.6 is 11.6 Å². The van der Waals surface area contributed by atoms with Crippen LogP contribution in [0.15, 0.2) is 42.7 Å². The molecule has 1 unspecified atom stereocenters. The normalized spacial score (nSPS) is 23.5. The number of nitrogens with zero attached hydrogens (tertiary/aromatic N) is 4. The first-order valence-electron chi connectivity index (χ1n) is 13.6. The van der Waals surface area contributed by atoms with Crippen molar-refractivity contribution in [3.8, 4) is 11.8 Å². The summed E-state index contributed by atoms with van der Waals surface area (Å²) in [7, 11) is 0. The Bertz CT molecular complexity index is 1530. The van der Waals surface area contributed by atoms with Crippen LogP contribution in [0.25, 0.3) is 0 Å². The fourth-order valence-corrected chi connectivity index (χ4v) is 6.07. The summed E-state index contributed by atoms with van der Waals surface area (Å²) in [4.78, 5) is 32.5. The van der Waals surface area contributed by atoms with E-state index in [2.05, 4.69) is 27.2 Å². The summed E-state index contributed by atoms with van der Waals surface area (Å²) in [6, 6.07) is 7.77. The Morgan fingerprint density at radius 3 is 2.66 bits per heavy atom. The van der Waals surface area contributed by atoms with E-state index >= 15 is 0 Å². The molecule has 212 valence electrons. The molecule has 11 heteroatoms. The molecule has 1 aliphatic carbocycles. The number of carbonyl (C=O) groups excluding carboxylic acids is 2. The zero-order valence-corrected chi connectivity index (χ0v) is 23.3. The number of halogens is 2. The van der Waals surface area contributed by atoms with E-state index in [1.165, 1.54) is 18.3 Å². The molecule has 0 radical (unpaired) electrons. The third-order valence-corrected chi connectivity index (χ3v) is 8.27. The van der Waals surface area contributed by atoms with E-state index in [9.17, 15) is 14.0 Å². The predicted molar refractivity (Wildman–Crippen MR) is 149 cm³/mol. The summed E-state index contributed by atoms with van der Waals surface area (Å²) in [5, 5.41) is 7.55. The minimum atomic E-state index is -0.525. The Morgan fingerprint density at radius 2 is 1.93 bits per heavy atom. The van der Waals surface area contributed by atoms with Gasteiger partial charge in [-0.1, -0.05) is 23.4 Å². The number of aromatic nitrogens is 3. The lowest BCUT2D eigenvalue weighted by atomic mass is 9.65. The molecule has 1 spiro atoms. The maximum atomic E-state index is 13.3. The van der Waals surface area contributed by atoms with Crippen molar-refractivity contribution in [2.45, 2.75) is 38.3 Å². The summed E-state index contributed by atoms with van der Waals surface area (Å²) < 4.78 is 25.8. The van der Waals surface area contributed by atoms with Gasteiger partial charge >= 0.3 is 0 Å². The largest absolute Gasteiger partial charge is 0.376 e. The van der Waals surface area contributed by atoms with E-state index in [0.29, 0.717) is 49.9 Å². The molecule has 1 N–H and O–H groups in total.